The van der Waals surface area contributed by atoms with E-state index in [0.717, 1.165) is 6.07 Å². The number of anilines is 1. The summed E-state index contributed by atoms with van der Waals surface area (Å²) in [6, 6.07) is 4.00. The first-order chi connectivity index (χ1) is 12.9. The first-order valence-corrected chi connectivity index (χ1v) is 8.53. The Morgan fingerprint density at radius 2 is 1.96 bits per heavy atom. The number of rotatable bonds is 3. The number of hydrogen-bond donors (Lipinski definition) is 1. The fourth-order valence-electron chi connectivity index (χ4n) is 2.77. The van der Waals surface area contributed by atoms with E-state index in [0.29, 0.717) is 38.3 Å². The third-order valence-corrected chi connectivity index (χ3v) is 4.14. The van der Waals surface area contributed by atoms with Crippen LogP contribution in [0.15, 0.2) is 30.6 Å². The average Bonchev–Trinajstić information content (AvgIpc) is 2.68. The van der Waals surface area contributed by atoms with E-state index in [4.69, 9.17) is 0 Å². The van der Waals surface area contributed by atoms with Gasteiger partial charge in [-0.15, -0.1) is 0 Å². The number of carbonyl (C=O) groups is 1. The van der Waals surface area contributed by atoms with Crippen LogP contribution in [0.1, 0.15) is 12.6 Å². The van der Waals surface area contributed by atoms with Gasteiger partial charge >= 0.3 is 12.2 Å². The molecule has 144 valence electrons. The quantitative estimate of drug-likeness (QED) is 0.885. The predicted molar refractivity (Wildman–Crippen MR) is 93.1 cm³/mol. The molecule has 27 heavy (non-hydrogen) atoms. The highest BCUT2D eigenvalue weighted by atomic mass is 19.4. The summed E-state index contributed by atoms with van der Waals surface area (Å²) in [5.41, 5.74) is -0.594. The molecule has 2 amide bonds. The van der Waals surface area contributed by atoms with Gasteiger partial charge in [-0.3, -0.25) is 4.98 Å². The van der Waals surface area contributed by atoms with E-state index in [-0.39, 0.29) is 17.7 Å². The van der Waals surface area contributed by atoms with Crippen molar-refractivity contribution in [3.63, 3.8) is 0 Å². The summed E-state index contributed by atoms with van der Waals surface area (Å²) in [7, 11) is 0. The monoisotopic (exact) mass is 380 g/mol. The first kappa shape index (κ1) is 18.9. The van der Waals surface area contributed by atoms with Crippen LogP contribution in [0.5, 0.6) is 0 Å². The lowest BCUT2D eigenvalue weighted by Crippen LogP contribution is -2.52. The predicted octanol–water partition coefficient (Wildman–Crippen LogP) is 2.41. The third kappa shape index (κ3) is 4.44. The summed E-state index contributed by atoms with van der Waals surface area (Å²) >= 11 is 0. The van der Waals surface area contributed by atoms with Crippen molar-refractivity contribution in [2.24, 2.45) is 0 Å². The number of nitrogens with zero attached hydrogens (tertiary/aromatic N) is 5. The zero-order chi connectivity index (χ0) is 19.4. The summed E-state index contributed by atoms with van der Waals surface area (Å²) in [6.45, 7) is 3.93. The van der Waals surface area contributed by atoms with Gasteiger partial charge in [-0.1, -0.05) is 0 Å². The molecule has 3 rings (SSSR count). The van der Waals surface area contributed by atoms with Gasteiger partial charge in [0.15, 0.2) is 11.5 Å². The molecular weight excluding hydrogens is 361 g/mol. The zero-order valence-corrected chi connectivity index (χ0v) is 14.7. The van der Waals surface area contributed by atoms with Gasteiger partial charge in [-0.25, -0.2) is 14.8 Å². The molecule has 1 saturated heterocycles. The molecule has 7 nitrogen and oxygen atoms in total. The van der Waals surface area contributed by atoms with E-state index >= 15 is 0 Å². The molecule has 1 N–H and O–H groups in total. The summed E-state index contributed by atoms with van der Waals surface area (Å²) in [6.07, 6.45) is -1.64. The molecule has 2 aromatic heterocycles. The Balaban J connectivity index is 1.86. The van der Waals surface area contributed by atoms with Gasteiger partial charge in [0.1, 0.15) is 5.82 Å². The van der Waals surface area contributed by atoms with Crippen LogP contribution in [-0.2, 0) is 6.18 Å². The molecule has 3 heterocycles. The standard InChI is InChI=1S/C17H19F3N6O/c1-2-22-16(27)26-8-6-25(7-9-26)14-10-13(17(18,19)20)23-15(24-14)12-4-3-5-21-11-12/h3-5,10-11H,2,6-9H2,1H3,(H,22,27). The maximum absolute atomic E-state index is 13.3. The van der Waals surface area contributed by atoms with Gasteiger partial charge in [0, 0.05) is 56.7 Å². The lowest BCUT2D eigenvalue weighted by molar-refractivity contribution is -0.141. The van der Waals surface area contributed by atoms with E-state index in [1.165, 1.54) is 12.4 Å². The van der Waals surface area contributed by atoms with Gasteiger partial charge in [-0.05, 0) is 19.1 Å². The second-order valence-electron chi connectivity index (χ2n) is 5.98. The van der Waals surface area contributed by atoms with Crippen LogP contribution in [0.3, 0.4) is 0 Å². The summed E-state index contributed by atoms with van der Waals surface area (Å²) in [5.74, 6) is 0.158. The molecule has 0 unspecified atom stereocenters. The number of alkyl halides is 3. The van der Waals surface area contributed by atoms with E-state index in [1.54, 1.807) is 21.9 Å². The van der Waals surface area contributed by atoms with Crippen LogP contribution < -0.4 is 10.2 Å². The topological polar surface area (TPSA) is 74.2 Å². The van der Waals surface area contributed by atoms with Crippen molar-refractivity contribution in [1.29, 1.82) is 0 Å². The Labute approximate surface area is 154 Å². The van der Waals surface area contributed by atoms with Crippen molar-refractivity contribution in [3.8, 4) is 11.4 Å². The van der Waals surface area contributed by atoms with Crippen molar-refractivity contribution in [2.75, 3.05) is 37.6 Å². The number of carbonyl (C=O) groups excluding carboxylic acids is 1. The van der Waals surface area contributed by atoms with E-state index < -0.39 is 11.9 Å². The second-order valence-corrected chi connectivity index (χ2v) is 5.98. The lowest BCUT2D eigenvalue weighted by Gasteiger charge is -2.35. The van der Waals surface area contributed by atoms with Crippen LogP contribution in [0.4, 0.5) is 23.8 Å². The van der Waals surface area contributed by atoms with Crippen molar-refractivity contribution in [3.05, 3.63) is 36.3 Å². The van der Waals surface area contributed by atoms with Crippen LogP contribution in [-0.4, -0.2) is 58.6 Å². The first-order valence-electron chi connectivity index (χ1n) is 8.53. The minimum atomic E-state index is -4.59. The highest BCUT2D eigenvalue weighted by molar-refractivity contribution is 5.74. The number of amides is 2. The Morgan fingerprint density at radius 3 is 2.56 bits per heavy atom. The molecule has 0 bridgehead atoms. The minimum Gasteiger partial charge on any atom is -0.353 e. The molecule has 1 fully saturated rings. The maximum atomic E-state index is 13.3. The minimum absolute atomic E-state index is 0.0286. The molecule has 0 aromatic carbocycles. The smallest absolute Gasteiger partial charge is 0.353 e. The molecule has 10 heteroatoms. The Morgan fingerprint density at radius 1 is 1.22 bits per heavy atom. The third-order valence-electron chi connectivity index (χ3n) is 4.14. The SMILES string of the molecule is CCNC(=O)N1CCN(c2cc(C(F)(F)F)nc(-c3cccnc3)n2)CC1. The Bertz CT molecular complexity index is 791. The number of aromatic nitrogens is 3. The number of nitrogens with one attached hydrogen (secondary N) is 1. The molecule has 0 aliphatic carbocycles. The van der Waals surface area contributed by atoms with E-state index in [1.807, 2.05) is 6.92 Å². The number of pyridine rings is 1. The molecule has 0 spiro atoms. The van der Waals surface area contributed by atoms with Crippen LogP contribution in [0.25, 0.3) is 11.4 Å². The largest absolute Gasteiger partial charge is 0.433 e. The van der Waals surface area contributed by atoms with Gasteiger partial charge in [-0.2, -0.15) is 13.2 Å². The molecule has 0 atom stereocenters. The Hall–Kier alpha value is -2.91. The number of halogens is 3. The van der Waals surface area contributed by atoms with Gasteiger partial charge in [0.05, 0.1) is 0 Å². The molecular formula is C17H19F3N6O. The van der Waals surface area contributed by atoms with Crippen molar-refractivity contribution in [2.45, 2.75) is 13.1 Å². The van der Waals surface area contributed by atoms with Gasteiger partial charge in [0.2, 0.25) is 0 Å². The molecule has 1 aliphatic rings. The van der Waals surface area contributed by atoms with Gasteiger partial charge in [0.25, 0.3) is 0 Å². The fourth-order valence-corrected chi connectivity index (χ4v) is 2.77. The number of urea groups is 1. The van der Waals surface area contributed by atoms with Crippen molar-refractivity contribution >= 4 is 11.8 Å². The van der Waals surface area contributed by atoms with E-state index in [9.17, 15) is 18.0 Å². The number of piperazine rings is 1. The van der Waals surface area contributed by atoms with Crippen LogP contribution in [0, 0.1) is 0 Å². The normalized spacial score (nSPS) is 15.0. The summed E-state index contributed by atoms with van der Waals surface area (Å²) in [5, 5.41) is 2.72. The van der Waals surface area contributed by atoms with Gasteiger partial charge < -0.3 is 15.1 Å². The highest BCUT2D eigenvalue weighted by Gasteiger charge is 2.34. The summed E-state index contributed by atoms with van der Waals surface area (Å²) < 4.78 is 39.9. The summed E-state index contributed by atoms with van der Waals surface area (Å²) in [4.78, 5) is 27.1. The molecule has 2 aromatic rings. The number of hydrogen-bond acceptors (Lipinski definition) is 5. The van der Waals surface area contributed by atoms with Crippen LogP contribution in [0.2, 0.25) is 0 Å². The molecule has 1 aliphatic heterocycles. The van der Waals surface area contributed by atoms with E-state index in [2.05, 4.69) is 20.3 Å². The average molecular weight is 380 g/mol. The molecule has 0 saturated carbocycles. The zero-order valence-electron chi connectivity index (χ0n) is 14.7. The maximum Gasteiger partial charge on any atom is 0.433 e. The molecule has 0 radical (unpaired) electrons. The fraction of sp³-hybridized carbons (Fsp3) is 0.412. The van der Waals surface area contributed by atoms with Crippen molar-refractivity contribution < 1.29 is 18.0 Å². The van der Waals surface area contributed by atoms with Crippen LogP contribution >= 0.6 is 0 Å². The highest BCUT2D eigenvalue weighted by Crippen LogP contribution is 2.31. The second kappa shape index (κ2) is 7.77. The lowest BCUT2D eigenvalue weighted by atomic mass is 10.2. The Kier molecular flexibility index (Phi) is 5.43. The van der Waals surface area contributed by atoms with Crippen molar-refractivity contribution in [1.82, 2.24) is 25.2 Å².